The second-order valence-corrected chi connectivity index (χ2v) is 4.96. The number of alkyl halides is 3. The molecule has 0 radical (unpaired) electrons. The zero-order chi connectivity index (χ0) is 13.2. The summed E-state index contributed by atoms with van der Waals surface area (Å²) in [5.41, 5.74) is 7.26. The molecule has 17 heavy (non-hydrogen) atoms. The molecule has 0 fully saturated rings. The highest BCUT2D eigenvalue weighted by Crippen LogP contribution is 2.33. The molecule has 5 heteroatoms. The average molecular weight is 357 g/mol. The van der Waals surface area contributed by atoms with Crippen LogP contribution in [0.1, 0.15) is 36.6 Å². The zero-order valence-corrected chi connectivity index (χ0v) is 11.9. The van der Waals surface area contributed by atoms with Crippen LogP contribution in [-0.4, -0.2) is 6.18 Å². The predicted molar refractivity (Wildman–Crippen MR) is 70.9 cm³/mol. The fourth-order valence-corrected chi connectivity index (χ4v) is 2.73. The Balaban J connectivity index is 3.27. The van der Waals surface area contributed by atoms with Crippen LogP contribution in [0.5, 0.6) is 0 Å². The van der Waals surface area contributed by atoms with Gasteiger partial charge in [-0.15, -0.1) is 0 Å². The summed E-state index contributed by atoms with van der Waals surface area (Å²) >= 11 is 2.18. The molecule has 0 aromatic heterocycles. The van der Waals surface area contributed by atoms with E-state index < -0.39 is 12.2 Å². The quantitative estimate of drug-likeness (QED) is 0.814. The highest BCUT2D eigenvalue weighted by atomic mass is 127. The van der Waals surface area contributed by atoms with Crippen molar-refractivity contribution in [3.05, 3.63) is 32.4 Å². The fourth-order valence-electron chi connectivity index (χ4n) is 1.66. The molecule has 0 amide bonds. The molecule has 2 N–H and O–H groups in total. The van der Waals surface area contributed by atoms with Gasteiger partial charge in [-0.3, -0.25) is 0 Å². The Morgan fingerprint density at radius 3 is 1.88 bits per heavy atom. The van der Waals surface area contributed by atoms with Crippen LogP contribution >= 0.6 is 22.6 Å². The van der Waals surface area contributed by atoms with Gasteiger partial charge in [0.15, 0.2) is 0 Å². The van der Waals surface area contributed by atoms with E-state index >= 15 is 0 Å². The summed E-state index contributed by atoms with van der Waals surface area (Å²) < 4.78 is 38.8. The van der Waals surface area contributed by atoms with Gasteiger partial charge in [0.2, 0.25) is 0 Å². The third-order valence-electron chi connectivity index (χ3n) is 2.72. The van der Waals surface area contributed by atoms with Gasteiger partial charge in [0.25, 0.3) is 0 Å². The maximum Gasteiger partial charge on any atom is 0.407 e. The molecule has 1 rings (SSSR count). The van der Waals surface area contributed by atoms with Crippen molar-refractivity contribution in [2.45, 2.75) is 38.9 Å². The van der Waals surface area contributed by atoms with Gasteiger partial charge in [0.05, 0.1) is 0 Å². The van der Waals surface area contributed by atoms with E-state index in [0.717, 1.165) is 14.7 Å². The van der Waals surface area contributed by atoms with E-state index in [1.165, 1.54) is 0 Å². The molecule has 0 aliphatic rings. The Hall–Kier alpha value is -0.300. The van der Waals surface area contributed by atoms with E-state index in [2.05, 4.69) is 22.6 Å². The van der Waals surface area contributed by atoms with Crippen molar-refractivity contribution < 1.29 is 13.2 Å². The third-order valence-corrected chi connectivity index (χ3v) is 4.10. The first-order chi connectivity index (χ1) is 7.81. The number of benzene rings is 1. The van der Waals surface area contributed by atoms with Gasteiger partial charge in [-0.05, 0) is 52.1 Å². The molecular formula is C12H15F3IN. The highest BCUT2D eigenvalue weighted by Gasteiger charge is 2.38. The monoisotopic (exact) mass is 357 g/mol. The molecule has 1 nitrogen and oxygen atoms in total. The van der Waals surface area contributed by atoms with E-state index in [4.69, 9.17) is 5.73 Å². The van der Waals surface area contributed by atoms with Crippen molar-refractivity contribution in [2.24, 2.45) is 5.73 Å². The Bertz CT molecular complexity index is 376. The van der Waals surface area contributed by atoms with Crippen LogP contribution in [0, 0.1) is 3.57 Å². The lowest BCUT2D eigenvalue weighted by atomic mass is 9.98. The summed E-state index contributed by atoms with van der Waals surface area (Å²) in [6, 6.07) is 1.24. The van der Waals surface area contributed by atoms with E-state index in [0.29, 0.717) is 12.8 Å². The number of rotatable bonds is 3. The lowest BCUT2D eigenvalue weighted by Crippen LogP contribution is -2.28. The van der Waals surface area contributed by atoms with Gasteiger partial charge in [0, 0.05) is 3.57 Å². The van der Waals surface area contributed by atoms with Crippen molar-refractivity contribution in [1.29, 1.82) is 0 Å². The first-order valence-corrected chi connectivity index (χ1v) is 6.52. The lowest BCUT2D eigenvalue weighted by molar-refractivity contribution is -0.149. The number of hydrogen-bond donors (Lipinski definition) is 1. The molecule has 0 bridgehead atoms. The SMILES string of the molecule is CCc1cc([C@H](N)C(F)(F)F)cc(CC)c1I. The van der Waals surface area contributed by atoms with Crippen molar-refractivity contribution in [1.82, 2.24) is 0 Å². The summed E-state index contributed by atoms with van der Waals surface area (Å²) in [6.45, 7) is 3.86. The Morgan fingerprint density at radius 2 is 1.59 bits per heavy atom. The smallest absolute Gasteiger partial charge is 0.316 e. The van der Waals surface area contributed by atoms with E-state index in [1.807, 2.05) is 13.8 Å². The normalized spacial score (nSPS) is 13.8. The standard InChI is InChI=1S/C12H15F3IN/c1-3-7-5-9(11(17)12(13,14)15)6-8(4-2)10(7)16/h5-6,11H,3-4,17H2,1-2H3/t11-/m0/s1. The molecule has 0 aliphatic heterocycles. The molecule has 1 aromatic carbocycles. The van der Waals surface area contributed by atoms with Crippen molar-refractivity contribution in [3.8, 4) is 0 Å². The van der Waals surface area contributed by atoms with Crippen molar-refractivity contribution in [3.63, 3.8) is 0 Å². The Labute approximate surface area is 113 Å². The zero-order valence-electron chi connectivity index (χ0n) is 9.74. The molecular weight excluding hydrogens is 342 g/mol. The van der Waals surface area contributed by atoms with E-state index in [-0.39, 0.29) is 5.56 Å². The van der Waals surface area contributed by atoms with Crippen LogP contribution in [0.25, 0.3) is 0 Å². The minimum Gasteiger partial charge on any atom is -0.316 e. The first-order valence-electron chi connectivity index (χ1n) is 5.44. The molecule has 0 aliphatic carbocycles. The predicted octanol–water partition coefficient (Wildman–Crippen LogP) is 3.98. The van der Waals surface area contributed by atoms with Crippen LogP contribution in [0.15, 0.2) is 12.1 Å². The average Bonchev–Trinajstić information content (AvgIpc) is 2.27. The van der Waals surface area contributed by atoms with Crippen LogP contribution in [0.2, 0.25) is 0 Å². The van der Waals surface area contributed by atoms with Gasteiger partial charge < -0.3 is 5.73 Å². The van der Waals surface area contributed by atoms with Crippen LogP contribution in [0.3, 0.4) is 0 Å². The molecule has 0 saturated heterocycles. The Morgan fingerprint density at radius 1 is 1.18 bits per heavy atom. The summed E-state index contributed by atoms with van der Waals surface area (Å²) in [5.74, 6) is 0. The van der Waals surface area contributed by atoms with Crippen LogP contribution < -0.4 is 5.73 Å². The topological polar surface area (TPSA) is 26.0 Å². The molecule has 96 valence electrons. The van der Waals surface area contributed by atoms with E-state index in [9.17, 15) is 13.2 Å². The molecule has 0 saturated carbocycles. The lowest BCUT2D eigenvalue weighted by Gasteiger charge is -2.19. The van der Waals surface area contributed by atoms with Crippen molar-refractivity contribution in [2.75, 3.05) is 0 Å². The van der Waals surface area contributed by atoms with Crippen LogP contribution in [-0.2, 0) is 12.8 Å². The fraction of sp³-hybridized carbons (Fsp3) is 0.500. The van der Waals surface area contributed by atoms with E-state index in [1.54, 1.807) is 12.1 Å². The van der Waals surface area contributed by atoms with Gasteiger partial charge in [-0.2, -0.15) is 13.2 Å². The number of hydrogen-bond acceptors (Lipinski definition) is 1. The minimum atomic E-state index is -4.39. The summed E-state index contributed by atoms with van der Waals surface area (Å²) in [5, 5.41) is 0. The maximum atomic E-state index is 12.6. The number of nitrogens with two attached hydrogens (primary N) is 1. The molecule has 0 spiro atoms. The summed E-state index contributed by atoms with van der Waals surface area (Å²) in [6.07, 6.45) is -2.96. The second-order valence-electron chi connectivity index (χ2n) is 3.88. The van der Waals surface area contributed by atoms with Crippen molar-refractivity contribution >= 4 is 22.6 Å². The van der Waals surface area contributed by atoms with Gasteiger partial charge >= 0.3 is 6.18 Å². The van der Waals surface area contributed by atoms with Gasteiger partial charge in [-0.25, -0.2) is 0 Å². The third kappa shape index (κ3) is 3.34. The first kappa shape index (κ1) is 14.8. The minimum absolute atomic E-state index is 0.159. The molecule has 1 aromatic rings. The maximum absolute atomic E-state index is 12.6. The second kappa shape index (κ2) is 5.56. The molecule has 0 heterocycles. The van der Waals surface area contributed by atoms with Gasteiger partial charge in [0.1, 0.15) is 6.04 Å². The van der Waals surface area contributed by atoms with Crippen LogP contribution in [0.4, 0.5) is 13.2 Å². The summed E-state index contributed by atoms with van der Waals surface area (Å²) in [4.78, 5) is 0. The highest BCUT2D eigenvalue weighted by molar-refractivity contribution is 14.1. The van der Waals surface area contributed by atoms with Gasteiger partial charge in [-0.1, -0.05) is 26.0 Å². The summed E-state index contributed by atoms with van der Waals surface area (Å²) in [7, 11) is 0. The number of halogens is 4. The number of aryl methyl sites for hydroxylation is 2. The Kier molecular flexibility index (Phi) is 4.83. The molecule has 1 atom stereocenters. The molecule has 0 unspecified atom stereocenters. The largest absolute Gasteiger partial charge is 0.407 e.